The Labute approximate surface area is 156 Å². The third-order valence-electron chi connectivity index (χ3n) is 4.10. The minimum atomic E-state index is -0.433. The van der Waals surface area contributed by atoms with Crippen LogP contribution in [0.5, 0.6) is 0 Å². The van der Waals surface area contributed by atoms with Crippen LogP contribution in [0, 0.1) is 0 Å². The summed E-state index contributed by atoms with van der Waals surface area (Å²) in [6, 6.07) is 8.73. The molecule has 3 heterocycles. The van der Waals surface area contributed by atoms with Crippen molar-refractivity contribution in [2.45, 2.75) is 6.54 Å². The van der Waals surface area contributed by atoms with Crippen molar-refractivity contribution >= 4 is 45.1 Å². The molecule has 26 heavy (non-hydrogen) atoms. The number of carbonyl (C=O) groups excluding carboxylic acids is 2. The molecule has 1 N–H and O–H groups in total. The smallest absolute Gasteiger partial charge is 0.324 e. The average Bonchev–Trinajstić information content (AvgIpc) is 3.24. The van der Waals surface area contributed by atoms with Crippen molar-refractivity contribution in [2.24, 2.45) is 0 Å². The quantitative estimate of drug-likeness (QED) is 0.746. The van der Waals surface area contributed by atoms with E-state index in [0.717, 1.165) is 15.3 Å². The van der Waals surface area contributed by atoms with Gasteiger partial charge in [0.2, 0.25) is 0 Å². The molecule has 1 saturated heterocycles. The van der Waals surface area contributed by atoms with E-state index in [1.807, 2.05) is 18.2 Å². The van der Waals surface area contributed by atoms with E-state index in [1.165, 1.54) is 22.2 Å². The van der Waals surface area contributed by atoms with Gasteiger partial charge in [-0.25, -0.2) is 9.78 Å². The molecular formula is C17H13ClN4O3S. The Hall–Kier alpha value is -2.71. The number of rotatable bonds is 3. The first-order chi connectivity index (χ1) is 12.5. The molecular weight excluding hydrogens is 376 g/mol. The molecule has 1 fully saturated rings. The highest BCUT2D eigenvalue weighted by Crippen LogP contribution is 2.31. The van der Waals surface area contributed by atoms with Gasteiger partial charge in [0.25, 0.3) is 11.5 Å². The number of fused-ring (bicyclic) bond motifs is 1. The molecule has 0 atom stereocenters. The van der Waals surface area contributed by atoms with E-state index < -0.39 is 11.9 Å². The number of urea groups is 1. The number of aromatic nitrogens is 2. The predicted octanol–water partition coefficient (Wildman–Crippen LogP) is 2.33. The Kier molecular flexibility index (Phi) is 4.21. The van der Waals surface area contributed by atoms with Crippen molar-refractivity contribution in [1.82, 2.24) is 19.8 Å². The molecule has 132 valence electrons. The highest BCUT2D eigenvalue weighted by Gasteiger charge is 2.26. The van der Waals surface area contributed by atoms with Crippen molar-refractivity contribution in [1.29, 1.82) is 0 Å². The van der Waals surface area contributed by atoms with Crippen LogP contribution in [0.2, 0.25) is 5.02 Å². The molecule has 0 bridgehead atoms. The molecule has 0 unspecified atom stereocenters. The van der Waals surface area contributed by atoms with Crippen molar-refractivity contribution < 1.29 is 9.59 Å². The molecule has 1 aromatic carbocycles. The maximum absolute atomic E-state index is 12.7. The van der Waals surface area contributed by atoms with E-state index in [9.17, 15) is 14.4 Å². The van der Waals surface area contributed by atoms with E-state index >= 15 is 0 Å². The lowest BCUT2D eigenvalue weighted by Crippen LogP contribution is -2.38. The Morgan fingerprint density at radius 1 is 1.27 bits per heavy atom. The standard InChI is InChI=1S/C17H13ClN4O3S/c18-11-3-1-10(2-4-11)13-7-12-15(26-13)16(24)21(9-20-12)8-14(23)22-6-5-19-17(22)25/h1-4,7,9H,5-6,8H2,(H,19,25). The Morgan fingerprint density at radius 3 is 2.73 bits per heavy atom. The number of halogens is 1. The van der Waals surface area contributed by atoms with Crippen molar-refractivity contribution in [3.63, 3.8) is 0 Å². The average molecular weight is 389 g/mol. The molecule has 4 rings (SSSR count). The normalized spacial score (nSPS) is 14.0. The van der Waals surface area contributed by atoms with Gasteiger partial charge in [-0.3, -0.25) is 19.1 Å². The number of hydrogen-bond acceptors (Lipinski definition) is 5. The van der Waals surface area contributed by atoms with E-state index in [-0.39, 0.29) is 12.1 Å². The molecule has 0 saturated carbocycles. The first kappa shape index (κ1) is 16.7. The van der Waals surface area contributed by atoms with Crippen LogP contribution in [-0.2, 0) is 11.3 Å². The number of thiophene rings is 1. The van der Waals surface area contributed by atoms with Crippen molar-refractivity contribution in [3.05, 3.63) is 52.0 Å². The van der Waals surface area contributed by atoms with Gasteiger partial charge in [-0.05, 0) is 23.8 Å². The van der Waals surface area contributed by atoms with Crippen LogP contribution < -0.4 is 10.9 Å². The minimum Gasteiger partial charge on any atom is -0.336 e. The minimum absolute atomic E-state index is 0.219. The second kappa shape index (κ2) is 6.54. The van der Waals surface area contributed by atoms with Gasteiger partial charge in [-0.1, -0.05) is 23.7 Å². The fourth-order valence-electron chi connectivity index (χ4n) is 2.75. The maximum Gasteiger partial charge on any atom is 0.324 e. The van der Waals surface area contributed by atoms with E-state index in [0.29, 0.717) is 28.3 Å². The van der Waals surface area contributed by atoms with E-state index in [2.05, 4.69) is 10.3 Å². The fourth-order valence-corrected chi connectivity index (χ4v) is 3.95. The molecule has 9 heteroatoms. The van der Waals surface area contributed by atoms with E-state index in [1.54, 1.807) is 12.1 Å². The summed E-state index contributed by atoms with van der Waals surface area (Å²) < 4.78 is 1.70. The van der Waals surface area contributed by atoms with Crippen LogP contribution in [0.4, 0.5) is 4.79 Å². The monoisotopic (exact) mass is 388 g/mol. The lowest BCUT2D eigenvalue weighted by atomic mass is 10.2. The lowest BCUT2D eigenvalue weighted by molar-refractivity contribution is -0.128. The molecule has 0 radical (unpaired) electrons. The largest absolute Gasteiger partial charge is 0.336 e. The molecule has 3 amide bonds. The number of benzene rings is 1. The molecule has 1 aliphatic rings. The Bertz CT molecular complexity index is 1070. The second-order valence-corrected chi connectivity index (χ2v) is 7.28. The number of carbonyl (C=O) groups is 2. The Balaban J connectivity index is 1.66. The summed E-state index contributed by atoms with van der Waals surface area (Å²) in [6.45, 7) is 0.511. The number of nitrogens with one attached hydrogen (secondary N) is 1. The first-order valence-corrected chi connectivity index (χ1v) is 9.05. The number of imide groups is 1. The zero-order valence-corrected chi connectivity index (χ0v) is 15.0. The van der Waals surface area contributed by atoms with Gasteiger partial charge in [0, 0.05) is 23.0 Å². The molecule has 0 spiro atoms. The van der Waals surface area contributed by atoms with Crippen LogP contribution in [0.15, 0.2) is 41.5 Å². The molecule has 2 aromatic heterocycles. The third-order valence-corrected chi connectivity index (χ3v) is 5.51. The summed E-state index contributed by atoms with van der Waals surface area (Å²) in [4.78, 5) is 42.8. The van der Waals surface area contributed by atoms with Crippen LogP contribution in [0.3, 0.4) is 0 Å². The van der Waals surface area contributed by atoms with Crippen LogP contribution in [0.25, 0.3) is 20.7 Å². The summed E-state index contributed by atoms with van der Waals surface area (Å²) in [7, 11) is 0. The van der Waals surface area contributed by atoms with E-state index in [4.69, 9.17) is 11.6 Å². The SMILES string of the molecule is O=C(Cn1cnc2cc(-c3ccc(Cl)cc3)sc2c1=O)N1CCNC1=O. The van der Waals surface area contributed by atoms with Gasteiger partial charge >= 0.3 is 6.03 Å². The fraction of sp³-hybridized carbons (Fsp3) is 0.176. The predicted molar refractivity (Wildman–Crippen MR) is 99.4 cm³/mol. The van der Waals surface area contributed by atoms with Gasteiger partial charge in [-0.2, -0.15) is 0 Å². The molecule has 7 nitrogen and oxygen atoms in total. The summed E-state index contributed by atoms with van der Waals surface area (Å²) in [6.07, 6.45) is 1.34. The van der Waals surface area contributed by atoms with Gasteiger partial charge in [-0.15, -0.1) is 11.3 Å². The summed E-state index contributed by atoms with van der Waals surface area (Å²) in [5.41, 5.74) is 1.22. The number of nitrogens with zero attached hydrogens (tertiary/aromatic N) is 3. The van der Waals surface area contributed by atoms with Gasteiger partial charge in [0.1, 0.15) is 11.2 Å². The first-order valence-electron chi connectivity index (χ1n) is 7.86. The van der Waals surface area contributed by atoms with Gasteiger partial charge in [0.15, 0.2) is 0 Å². The van der Waals surface area contributed by atoms with Gasteiger partial charge < -0.3 is 5.32 Å². The molecule has 0 aliphatic carbocycles. The number of hydrogen-bond donors (Lipinski definition) is 1. The zero-order valence-electron chi connectivity index (χ0n) is 13.4. The summed E-state index contributed by atoms with van der Waals surface area (Å²) >= 11 is 7.22. The summed E-state index contributed by atoms with van der Waals surface area (Å²) in [5, 5.41) is 3.20. The molecule has 1 aliphatic heterocycles. The maximum atomic E-state index is 12.7. The second-order valence-electron chi connectivity index (χ2n) is 5.79. The summed E-state index contributed by atoms with van der Waals surface area (Å²) in [5.74, 6) is -0.433. The highest BCUT2D eigenvalue weighted by molar-refractivity contribution is 7.22. The Morgan fingerprint density at radius 2 is 2.04 bits per heavy atom. The van der Waals surface area contributed by atoms with Crippen molar-refractivity contribution in [2.75, 3.05) is 13.1 Å². The lowest BCUT2D eigenvalue weighted by Gasteiger charge is -2.12. The number of amides is 3. The highest BCUT2D eigenvalue weighted by atomic mass is 35.5. The van der Waals surface area contributed by atoms with Crippen LogP contribution in [-0.4, -0.2) is 39.5 Å². The topological polar surface area (TPSA) is 84.3 Å². The van der Waals surface area contributed by atoms with Crippen LogP contribution in [0.1, 0.15) is 0 Å². The van der Waals surface area contributed by atoms with Crippen molar-refractivity contribution in [3.8, 4) is 10.4 Å². The van der Waals surface area contributed by atoms with Crippen LogP contribution >= 0.6 is 22.9 Å². The third kappa shape index (κ3) is 2.97. The molecule has 3 aromatic rings. The zero-order chi connectivity index (χ0) is 18.3. The van der Waals surface area contributed by atoms with Gasteiger partial charge in [0.05, 0.1) is 11.8 Å².